The summed E-state index contributed by atoms with van der Waals surface area (Å²) in [5, 5.41) is 14.5. The Morgan fingerprint density at radius 2 is 1.83 bits per heavy atom. The summed E-state index contributed by atoms with van der Waals surface area (Å²) >= 11 is 19.0. The fraction of sp³-hybridized carbons (Fsp3) is 0.519. The van der Waals surface area contributed by atoms with E-state index in [0.29, 0.717) is 33.6 Å². The van der Waals surface area contributed by atoms with Gasteiger partial charge in [0.15, 0.2) is 0 Å². The summed E-state index contributed by atoms with van der Waals surface area (Å²) in [7, 11) is 0. The van der Waals surface area contributed by atoms with Crippen LogP contribution in [-0.2, 0) is 4.79 Å². The van der Waals surface area contributed by atoms with Crippen LogP contribution in [0.4, 0.5) is 5.69 Å². The average molecular weight is 539 g/mol. The lowest BCUT2D eigenvalue weighted by molar-refractivity contribution is -0.137. The van der Waals surface area contributed by atoms with Crippen LogP contribution >= 0.6 is 34.8 Å². The standard InChI is InChI=1S/C27H34Cl3N3O2/c1-18(23-6-5-21(28)16-25(23)30)31-26-15-20(4-7-24(26)29)19-8-13-33(14-9-19)22-3-2-11-32(17-22)12-10-27(34)35/h4-7,15-16,18-19,22,31H,2-3,8-14,17H2,1H3,(H,34,35)/t18-,22?/m1/s1. The van der Waals surface area contributed by atoms with Gasteiger partial charge >= 0.3 is 5.97 Å². The van der Waals surface area contributed by atoms with E-state index in [0.717, 1.165) is 56.7 Å². The number of aliphatic carboxylic acids is 1. The number of likely N-dealkylation sites (tertiary alicyclic amines) is 2. The highest BCUT2D eigenvalue weighted by atomic mass is 35.5. The van der Waals surface area contributed by atoms with Gasteiger partial charge in [-0.2, -0.15) is 0 Å². The van der Waals surface area contributed by atoms with Crippen molar-refractivity contribution in [2.45, 2.75) is 57.0 Å². The Balaban J connectivity index is 1.35. The van der Waals surface area contributed by atoms with Gasteiger partial charge in [-0.15, -0.1) is 0 Å². The van der Waals surface area contributed by atoms with E-state index < -0.39 is 5.97 Å². The molecule has 35 heavy (non-hydrogen) atoms. The molecular weight excluding hydrogens is 505 g/mol. The minimum Gasteiger partial charge on any atom is -0.481 e. The average Bonchev–Trinajstić information content (AvgIpc) is 2.84. The maximum atomic E-state index is 10.9. The lowest BCUT2D eigenvalue weighted by Gasteiger charge is -2.42. The van der Waals surface area contributed by atoms with Crippen molar-refractivity contribution in [2.75, 3.05) is 38.0 Å². The van der Waals surface area contributed by atoms with E-state index >= 15 is 0 Å². The molecule has 0 aromatic heterocycles. The predicted molar refractivity (Wildman–Crippen MR) is 145 cm³/mol. The minimum absolute atomic E-state index is 0.00950. The number of carboxylic acids is 1. The number of piperidine rings is 2. The van der Waals surface area contributed by atoms with Gasteiger partial charge in [0.05, 0.1) is 23.2 Å². The van der Waals surface area contributed by atoms with Crippen molar-refractivity contribution >= 4 is 46.5 Å². The summed E-state index contributed by atoms with van der Waals surface area (Å²) in [4.78, 5) is 15.9. The van der Waals surface area contributed by atoms with Crippen LogP contribution in [0.15, 0.2) is 36.4 Å². The minimum atomic E-state index is -0.713. The molecule has 0 bridgehead atoms. The highest BCUT2D eigenvalue weighted by molar-refractivity contribution is 6.35. The zero-order valence-electron chi connectivity index (χ0n) is 20.2. The van der Waals surface area contributed by atoms with E-state index in [1.165, 1.54) is 12.0 Å². The van der Waals surface area contributed by atoms with Crippen LogP contribution in [0, 0.1) is 0 Å². The van der Waals surface area contributed by atoms with Crippen LogP contribution in [0.2, 0.25) is 15.1 Å². The normalized spacial score (nSPS) is 21.1. The predicted octanol–water partition coefficient (Wildman–Crippen LogP) is 6.94. The van der Waals surface area contributed by atoms with E-state index in [-0.39, 0.29) is 12.5 Å². The number of anilines is 1. The fourth-order valence-corrected chi connectivity index (χ4v) is 6.20. The summed E-state index contributed by atoms with van der Waals surface area (Å²) in [5.74, 6) is -0.208. The van der Waals surface area contributed by atoms with Crippen molar-refractivity contribution in [3.8, 4) is 0 Å². The Hall–Kier alpha value is -1.50. The van der Waals surface area contributed by atoms with Crippen LogP contribution in [0.3, 0.4) is 0 Å². The molecule has 0 aliphatic carbocycles. The second-order valence-corrected chi connectivity index (χ2v) is 11.1. The molecule has 2 aromatic rings. The molecule has 4 rings (SSSR count). The Labute approximate surface area is 223 Å². The van der Waals surface area contributed by atoms with Gasteiger partial charge in [-0.05, 0) is 93.6 Å². The third kappa shape index (κ3) is 7.05. The molecule has 5 nitrogen and oxygen atoms in total. The zero-order valence-corrected chi connectivity index (χ0v) is 22.4. The van der Waals surface area contributed by atoms with Gasteiger partial charge in [0.1, 0.15) is 0 Å². The first-order valence-electron chi connectivity index (χ1n) is 12.5. The van der Waals surface area contributed by atoms with Gasteiger partial charge < -0.3 is 15.3 Å². The molecule has 2 fully saturated rings. The van der Waals surface area contributed by atoms with E-state index in [1.807, 2.05) is 18.2 Å². The quantitative estimate of drug-likeness (QED) is 0.381. The topological polar surface area (TPSA) is 55.8 Å². The number of hydrogen-bond acceptors (Lipinski definition) is 4. The van der Waals surface area contributed by atoms with E-state index in [9.17, 15) is 4.79 Å². The maximum Gasteiger partial charge on any atom is 0.304 e. The SMILES string of the molecule is C[C@@H](Nc1cc(C2CCN(C3CCCN(CCC(=O)O)C3)CC2)ccc1Cl)c1ccc(Cl)cc1Cl. The Morgan fingerprint density at radius 1 is 1.06 bits per heavy atom. The fourth-order valence-electron chi connectivity index (χ4n) is 5.46. The van der Waals surface area contributed by atoms with E-state index in [4.69, 9.17) is 39.9 Å². The molecule has 2 N–H and O–H groups in total. The lowest BCUT2D eigenvalue weighted by Crippen LogP contribution is -2.50. The molecule has 2 atom stereocenters. The molecule has 0 saturated carbocycles. The summed E-state index contributed by atoms with van der Waals surface area (Å²) in [6, 6.07) is 12.4. The zero-order chi connectivity index (χ0) is 24.9. The summed E-state index contributed by atoms with van der Waals surface area (Å²) < 4.78 is 0. The van der Waals surface area contributed by atoms with Crippen molar-refractivity contribution < 1.29 is 9.90 Å². The monoisotopic (exact) mass is 537 g/mol. The highest BCUT2D eigenvalue weighted by Gasteiger charge is 2.29. The number of carbonyl (C=O) groups is 1. The first kappa shape index (κ1) is 26.6. The van der Waals surface area contributed by atoms with Gasteiger partial charge in [-0.1, -0.05) is 46.9 Å². The van der Waals surface area contributed by atoms with Gasteiger partial charge in [-0.3, -0.25) is 9.69 Å². The number of carboxylic acid groups (broad SMARTS) is 1. The molecule has 2 heterocycles. The smallest absolute Gasteiger partial charge is 0.304 e. The molecule has 8 heteroatoms. The maximum absolute atomic E-state index is 10.9. The molecule has 1 unspecified atom stereocenters. The largest absolute Gasteiger partial charge is 0.481 e. The summed E-state index contributed by atoms with van der Waals surface area (Å²) in [6.07, 6.45) is 4.81. The first-order chi connectivity index (χ1) is 16.8. The lowest BCUT2D eigenvalue weighted by atomic mass is 9.88. The van der Waals surface area contributed by atoms with Gasteiger partial charge in [0.25, 0.3) is 0 Å². The summed E-state index contributed by atoms with van der Waals surface area (Å²) in [6.45, 7) is 6.87. The Morgan fingerprint density at radius 3 is 2.54 bits per heavy atom. The number of nitrogens with zero attached hydrogens (tertiary/aromatic N) is 2. The summed E-state index contributed by atoms with van der Waals surface area (Å²) in [5.41, 5.74) is 3.22. The number of nitrogens with one attached hydrogen (secondary N) is 1. The van der Waals surface area contributed by atoms with E-state index in [1.54, 1.807) is 6.07 Å². The molecule has 2 saturated heterocycles. The van der Waals surface area contributed by atoms with Gasteiger partial charge in [0.2, 0.25) is 0 Å². The van der Waals surface area contributed by atoms with Crippen LogP contribution < -0.4 is 5.32 Å². The molecule has 0 spiro atoms. The molecule has 190 valence electrons. The second kappa shape index (κ2) is 12.2. The van der Waals surface area contributed by atoms with Crippen LogP contribution in [-0.4, -0.2) is 59.6 Å². The van der Waals surface area contributed by atoms with Gasteiger partial charge in [-0.25, -0.2) is 0 Å². The van der Waals surface area contributed by atoms with Crippen LogP contribution in [0.5, 0.6) is 0 Å². The number of rotatable bonds is 8. The van der Waals surface area contributed by atoms with Crippen molar-refractivity contribution in [1.29, 1.82) is 0 Å². The second-order valence-electron chi connectivity index (χ2n) is 9.82. The van der Waals surface area contributed by atoms with Crippen molar-refractivity contribution in [1.82, 2.24) is 9.80 Å². The third-order valence-corrected chi connectivity index (χ3v) is 8.32. The molecule has 0 amide bonds. The number of hydrogen-bond donors (Lipinski definition) is 2. The molecule has 2 aliphatic rings. The van der Waals surface area contributed by atoms with Crippen molar-refractivity contribution in [2.24, 2.45) is 0 Å². The van der Waals surface area contributed by atoms with Crippen molar-refractivity contribution in [3.05, 3.63) is 62.6 Å². The van der Waals surface area contributed by atoms with Gasteiger partial charge in [0, 0.05) is 29.2 Å². The Bertz CT molecular complexity index is 1030. The third-order valence-electron chi connectivity index (χ3n) is 7.43. The van der Waals surface area contributed by atoms with Crippen molar-refractivity contribution in [3.63, 3.8) is 0 Å². The molecule has 2 aliphatic heterocycles. The Kier molecular flexibility index (Phi) is 9.23. The molecular formula is C27H34Cl3N3O2. The van der Waals surface area contributed by atoms with Crippen LogP contribution in [0.25, 0.3) is 0 Å². The number of halogens is 3. The van der Waals surface area contributed by atoms with E-state index in [2.05, 4.69) is 34.2 Å². The molecule has 0 radical (unpaired) electrons. The van der Waals surface area contributed by atoms with Crippen LogP contribution in [0.1, 0.15) is 62.1 Å². The highest BCUT2D eigenvalue weighted by Crippen LogP contribution is 2.36. The molecule has 2 aromatic carbocycles. The first-order valence-corrected chi connectivity index (χ1v) is 13.6. The number of benzene rings is 2.